The van der Waals surface area contributed by atoms with Crippen LogP contribution < -0.4 is 0 Å². The van der Waals surface area contributed by atoms with E-state index in [4.69, 9.17) is 5.53 Å². The molecule has 0 spiro atoms. The van der Waals surface area contributed by atoms with Crippen molar-refractivity contribution < 1.29 is 0 Å². The molecule has 0 aromatic carbocycles. The quantitative estimate of drug-likeness (QED) is 0.271. The molecule has 1 aliphatic rings. The third-order valence-corrected chi connectivity index (χ3v) is 1.27. The Hall–Kier alpha value is -0.690. The number of azide groups is 1. The number of rotatable bonds is 1. The molecule has 0 radical (unpaired) electrons. The van der Waals surface area contributed by atoms with E-state index in [-0.39, 0.29) is 0 Å². The van der Waals surface area contributed by atoms with Gasteiger partial charge in [-0.2, -0.15) is 0 Å². The molecule has 0 heterocycles. The van der Waals surface area contributed by atoms with Crippen LogP contribution in [0.1, 0.15) is 13.3 Å². The van der Waals surface area contributed by atoms with E-state index < -0.39 is 0 Å². The first kappa shape index (κ1) is 4.47. The summed E-state index contributed by atoms with van der Waals surface area (Å²) >= 11 is 0. The molecule has 38 valence electrons. The van der Waals surface area contributed by atoms with Gasteiger partial charge in [-0.1, -0.05) is 12.0 Å². The lowest BCUT2D eigenvalue weighted by Crippen LogP contribution is -1.71. The highest BCUT2D eigenvalue weighted by Crippen LogP contribution is 2.32. The molecule has 1 aliphatic carbocycles. The lowest BCUT2D eigenvalue weighted by Gasteiger charge is -1.70. The summed E-state index contributed by atoms with van der Waals surface area (Å²) in [5.74, 6) is 0.649. The van der Waals surface area contributed by atoms with Crippen molar-refractivity contribution in [3.63, 3.8) is 0 Å². The Labute approximate surface area is 42.0 Å². The molecule has 7 heavy (non-hydrogen) atoms. The Morgan fingerprint density at radius 1 is 1.86 bits per heavy atom. The van der Waals surface area contributed by atoms with E-state index in [2.05, 4.69) is 16.9 Å². The maximum atomic E-state index is 7.85. The first-order chi connectivity index (χ1) is 3.34. The van der Waals surface area contributed by atoms with Gasteiger partial charge in [-0.15, -0.1) is 0 Å². The predicted molar refractivity (Wildman–Crippen MR) is 26.7 cm³/mol. The van der Waals surface area contributed by atoms with Crippen molar-refractivity contribution in [2.24, 2.45) is 11.0 Å². The summed E-state index contributed by atoms with van der Waals surface area (Å²) in [5.41, 5.74) is 7.85. The Morgan fingerprint density at radius 2 is 2.43 bits per heavy atom. The lowest BCUT2D eigenvalue weighted by atomic mass is 10.5. The van der Waals surface area contributed by atoms with Crippen LogP contribution in [0.15, 0.2) is 5.11 Å². The second-order valence-electron chi connectivity index (χ2n) is 1.99. The summed E-state index contributed by atoms with van der Waals surface area (Å²) in [6.45, 7) is 2.08. The summed E-state index contributed by atoms with van der Waals surface area (Å²) < 4.78 is 0. The Morgan fingerprint density at radius 3 is 2.57 bits per heavy atom. The molecule has 1 saturated carbocycles. The average molecular weight is 97.1 g/mol. The van der Waals surface area contributed by atoms with Gasteiger partial charge in [0.15, 0.2) is 0 Å². The zero-order valence-corrected chi connectivity index (χ0v) is 4.20. The molecule has 3 nitrogen and oxygen atoms in total. The minimum absolute atomic E-state index is 0.324. The molecule has 0 N–H and O–H groups in total. The second-order valence-corrected chi connectivity index (χ2v) is 1.99. The molecule has 0 aromatic rings. The molecule has 0 bridgehead atoms. The maximum Gasteiger partial charge on any atom is 0.0402 e. The van der Waals surface area contributed by atoms with E-state index in [1.54, 1.807) is 0 Å². The summed E-state index contributed by atoms with van der Waals surface area (Å²) in [6, 6.07) is 0.324. The Balaban J connectivity index is 2.34. The van der Waals surface area contributed by atoms with Crippen molar-refractivity contribution in [2.75, 3.05) is 0 Å². The van der Waals surface area contributed by atoms with Crippen molar-refractivity contribution in [1.82, 2.24) is 0 Å². The fraction of sp³-hybridized carbons (Fsp3) is 1.00. The highest BCUT2D eigenvalue weighted by atomic mass is 15.2. The van der Waals surface area contributed by atoms with Gasteiger partial charge in [0.25, 0.3) is 0 Å². The first-order valence-corrected chi connectivity index (χ1v) is 2.39. The van der Waals surface area contributed by atoms with E-state index in [9.17, 15) is 0 Å². The molecule has 0 aliphatic heterocycles. The van der Waals surface area contributed by atoms with E-state index in [0.29, 0.717) is 12.0 Å². The predicted octanol–water partition coefficient (Wildman–Crippen LogP) is 1.71. The molecule has 0 amide bonds. The molecular weight excluding hydrogens is 90.1 g/mol. The molecule has 1 fully saturated rings. The molecule has 0 aromatic heterocycles. The minimum atomic E-state index is 0.324. The molecule has 3 heteroatoms. The monoisotopic (exact) mass is 97.1 g/mol. The van der Waals surface area contributed by atoms with Gasteiger partial charge in [0.05, 0.1) is 0 Å². The van der Waals surface area contributed by atoms with E-state index in [1.807, 2.05) is 0 Å². The highest BCUT2D eigenvalue weighted by Gasteiger charge is 2.30. The topological polar surface area (TPSA) is 48.8 Å². The van der Waals surface area contributed by atoms with Gasteiger partial charge in [0, 0.05) is 11.0 Å². The van der Waals surface area contributed by atoms with Crippen molar-refractivity contribution in [2.45, 2.75) is 19.4 Å². The normalized spacial score (nSPS) is 36.7. The minimum Gasteiger partial charge on any atom is -0.0903 e. The summed E-state index contributed by atoms with van der Waals surface area (Å²) in [6.07, 6.45) is 1.09. The van der Waals surface area contributed by atoms with Crippen molar-refractivity contribution in [3.8, 4) is 0 Å². The van der Waals surface area contributed by atoms with Gasteiger partial charge in [0.1, 0.15) is 0 Å². The van der Waals surface area contributed by atoms with E-state index in [1.165, 1.54) is 0 Å². The van der Waals surface area contributed by atoms with Crippen LogP contribution in [0.4, 0.5) is 0 Å². The fourth-order valence-corrected chi connectivity index (χ4v) is 0.530. The van der Waals surface area contributed by atoms with Gasteiger partial charge in [-0.05, 0) is 17.9 Å². The van der Waals surface area contributed by atoms with Gasteiger partial charge in [0.2, 0.25) is 0 Å². The van der Waals surface area contributed by atoms with Crippen LogP contribution in [0, 0.1) is 5.92 Å². The van der Waals surface area contributed by atoms with Crippen LogP contribution in [0.2, 0.25) is 0 Å². The SMILES string of the molecule is CC1CC1N=[N+]=[N-]. The van der Waals surface area contributed by atoms with Crippen molar-refractivity contribution in [3.05, 3.63) is 10.4 Å². The van der Waals surface area contributed by atoms with Gasteiger partial charge in [-0.3, -0.25) is 0 Å². The number of hydrogen-bond acceptors (Lipinski definition) is 1. The molecule has 1 rings (SSSR count). The molecular formula is C4H7N3. The van der Waals surface area contributed by atoms with Crippen LogP contribution in [-0.4, -0.2) is 6.04 Å². The lowest BCUT2D eigenvalue weighted by molar-refractivity contribution is 0.887. The summed E-state index contributed by atoms with van der Waals surface area (Å²) in [7, 11) is 0. The van der Waals surface area contributed by atoms with E-state index in [0.717, 1.165) is 6.42 Å². The third-order valence-electron chi connectivity index (χ3n) is 1.27. The van der Waals surface area contributed by atoms with Gasteiger partial charge >= 0.3 is 0 Å². The third kappa shape index (κ3) is 0.842. The largest absolute Gasteiger partial charge is 0.0903 e. The van der Waals surface area contributed by atoms with Crippen molar-refractivity contribution >= 4 is 0 Å². The smallest absolute Gasteiger partial charge is 0.0402 e. The van der Waals surface area contributed by atoms with Gasteiger partial charge in [-0.25, -0.2) is 0 Å². The molecule has 0 saturated heterocycles. The molecule has 2 unspecified atom stereocenters. The second kappa shape index (κ2) is 1.43. The van der Waals surface area contributed by atoms with E-state index >= 15 is 0 Å². The summed E-state index contributed by atoms with van der Waals surface area (Å²) in [4.78, 5) is 2.67. The van der Waals surface area contributed by atoms with Crippen LogP contribution in [0.3, 0.4) is 0 Å². The van der Waals surface area contributed by atoms with Gasteiger partial charge < -0.3 is 0 Å². The van der Waals surface area contributed by atoms with Crippen molar-refractivity contribution in [1.29, 1.82) is 0 Å². The average Bonchev–Trinajstić information content (AvgIpc) is 2.22. The fourth-order valence-electron chi connectivity index (χ4n) is 0.530. The Kier molecular flexibility index (Phi) is 0.912. The van der Waals surface area contributed by atoms with Crippen LogP contribution in [0.25, 0.3) is 10.4 Å². The zero-order chi connectivity index (χ0) is 5.28. The van der Waals surface area contributed by atoms with Crippen LogP contribution >= 0.6 is 0 Å². The number of hydrogen-bond donors (Lipinski definition) is 0. The van der Waals surface area contributed by atoms with Crippen LogP contribution in [-0.2, 0) is 0 Å². The highest BCUT2D eigenvalue weighted by molar-refractivity contribution is 4.89. The first-order valence-electron chi connectivity index (χ1n) is 2.39. The van der Waals surface area contributed by atoms with Crippen LogP contribution in [0.5, 0.6) is 0 Å². The summed E-state index contributed by atoms with van der Waals surface area (Å²) in [5, 5.41) is 3.50. The standard InChI is InChI=1S/C4H7N3/c1-3-2-4(3)6-7-5/h3-4H,2H2,1H3. The number of nitrogens with zero attached hydrogens (tertiary/aromatic N) is 3. The Bertz CT molecular complexity index is 114. The molecule has 2 atom stereocenters. The zero-order valence-electron chi connectivity index (χ0n) is 4.20. The maximum absolute atomic E-state index is 7.85.